The van der Waals surface area contributed by atoms with E-state index in [0.717, 1.165) is 47.8 Å². The van der Waals surface area contributed by atoms with Gasteiger partial charge in [-0.05, 0) is 62.8 Å². The fourth-order valence-electron chi connectivity index (χ4n) is 3.84. The second kappa shape index (κ2) is 7.03. The van der Waals surface area contributed by atoms with Gasteiger partial charge in [0.15, 0.2) is 6.10 Å². The van der Waals surface area contributed by atoms with E-state index in [1.165, 1.54) is 0 Å². The first-order valence-corrected chi connectivity index (χ1v) is 9.39. The Hall–Kier alpha value is -2.88. The summed E-state index contributed by atoms with van der Waals surface area (Å²) in [6.07, 6.45) is 2.96. The average molecular weight is 362 g/mol. The number of aryl methyl sites for hydroxylation is 2. The Labute approximate surface area is 157 Å². The fraction of sp³-hybridized carbons (Fsp3) is 0.304. The zero-order valence-corrected chi connectivity index (χ0v) is 15.6. The van der Waals surface area contributed by atoms with E-state index in [1.807, 2.05) is 37.3 Å². The van der Waals surface area contributed by atoms with E-state index in [9.17, 15) is 9.59 Å². The van der Waals surface area contributed by atoms with Gasteiger partial charge in [-0.3, -0.25) is 4.79 Å². The van der Waals surface area contributed by atoms with Crippen LogP contribution >= 0.6 is 0 Å². The molecule has 1 unspecified atom stereocenters. The molecule has 0 radical (unpaired) electrons. The number of fused-ring (bicyclic) bond motifs is 3. The van der Waals surface area contributed by atoms with Gasteiger partial charge in [0.05, 0.1) is 5.39 Å². The molecule has 1 aliphatic carbocycles. The molecule has 0 N–H and O–H groups in total. The van der Waals surface area contributed by atoms with Crippen molar-refractivity contribution in [3.05, 3.63) is 75.1 Å². The number of carbonyl (C=O) groups excluding carboxylic acids is 1. The summed E-state index contributed by atoms with van der Waals surface area (Å²) in [5.41, 5.74) is 3.61. The fourth-order valence-corrected chi connectivity index (χ4v) is 3.84. The summed E-state index contributed by atoms with van der Waals surface area (Å²) in [5.74, 6) is 0.542. The normalized spacial score (nSPS) is 14.6. The number of Topliss-reactive ketones (excluding diaryl/α,β-unsaturated/α-hetero) is 1. The zero-order chi connectivity index (χ0) is 19.0. The lowest BCUT2D eigenvalue weighted by Gasteiger charge is -2.20. The lowest BCUT2D eigenvalue weighted by atomic mass is 9.90. The Kier molecular flexibility index (Phi) is 4.56. The summed E-state index contributed by atoms with van der Waals surface area (Å²) in [4.78, 5) is 25.1. The first-order valence-electron chi connectivity index (χ1n) is 9.39. The van der Waals surface area contributed by atoms with Crippen molar-refractivity contribution < 1.29 is 13.9 Å². The van der Waals surface area contributed by atoms with E-state index in [-0.39, 0.29) is 11.4 Å². The van der Waals surface area contributed by atoms with E-state index in [4.69, 9.17) is 9.15 Å². The number of carbonyl (C=O) groups is 1. The topological polar surface area (TPSA) is 56.5 Å². The van der Waals surface area contributed by atoms with Gasteiger partial charge in [-0.1, -0.05) is 30.3 Å². The van der Waals surface area contributed by atoms with Crippen LogP contribution in [0.1, 0.15) is 46.8 Å². The first-order chi connectivity index (χ1) is 13.0. The largest absolute Gasteiger partial charge is 0.482 e. The lowest BCUT2D eigenvalue weighted by molar-refractivity contribution is 0.0820. The maximum Gasteiger partial charge on any atom is 0.339 e. The van der Waals surface area contributed by atoms with E-state index < -0.39 is 6.10 Å². The van der Waals surface area contributed by atoms with Crippen molar-refractivity contribution in [1.29, 1.82) is 0 Å². The lowest BCUT2D eigenvalue weighted by Crippen LogP contribution is -2.24. The minimum absolute atomic E-state index is 0.0727. The number of ketones is 1. The van der Waals surface area contributed by atoms with Gasteiger partial charge in [0.2, 0.25) is 5.78 Å². The van der Waals surface area contributed by atoms with Gasteiger partial charge in [-0.15, -0.1) is 0 Å². The van der Waals surface area contributed by atoms with E-state index in [2.05, 4.69) is 0 Å². The molecule has 1 aromatic heterocycles. The summed E-state index contributed by atoms with van der Waals surface area (Å²) in [6.45, 7) is 3.69. The molecule has 0 saturated heterocycles. The number of rotatable bonds is 4. The van der Waals surface area contributed by atoms with Crippen LogP contribution in [0.25, 0.3) is 11.0 Å². The van der Waals surface area contributed by atoms with Crippen LogP contribution in [0.3, 0.4) is 0 Å². The van der Waals surface area contributed by atoms with Gasteiger partial charge in [-0.2, -0.15) is 0 Å². The SMILES string of the molecule is Cc1cc(OC(C)C(=O)c2ccccc2)c2c3c(c(=O)oc2c1)CCCC3. The monoisotopic (exact) mass is 362 g/mol. The predicted molar refractivity (Wildman–Crippen MR) is 105 cm³/mol. The third kappa shape index (κ3) is 3.27. The minimum Gasteiger partial charge on any atom is -0.482 e. The Morgan fingerprint density at radius 1 is 1.07 bits per heavy atom. The zero-order valence-electron chi connectivity index (χ0n) is 15.6. The molecule has 1 heterocycles. The molecule has 4 rings (SSSR count). The van der Waals surface area contributed by atoms with Gasteiger partial charge in [0.1, 0.15) is 11.3 Å². The third-order valence-corrected chi connectivity index (χ3v) is 5.16. The third-order valence-electron chi connectivity index (χ3n) is 5.16. The van der Waals surface area contributed by atoms with E-state index in [1.54, 1.807) is 19.1 Å². The van der Waals surface area contributed by atoms with Crippen LogP contribution in [0.2, 0.25) is 0 Å². The molecule has 0 spiro atoms. The molecular formula is C23H22O4. The maximum absolute atomic E-state index is 12.7. The minimum atomic E-state index is -0.636. The number of benzene rings is 2. The second-order valence-electron chi connectivity index (χ2n) is 7.18. The average Bonchev–Trinajstić information content (AvgIpc) is 2.67. The molecule has 0 bridgehead atoms. The summed E-state index contributed by atoms with van der Waals surface area (Å²) >= 11 is 0. The van der Waals surface area contributed by atoms with Crippen LogP contribution < -0.4 is 10.4 Å². The van der Waals surface area contributed by atoms with Crippen LogP contribution in [-0.4, -0.2) is 11.9 Å². The second-order valence-corrected chi connectivity index (χ2v) is 7.18. The van der Waals surface area contributed by atoms with Gasteiger partial charge in [-0.25, -0.2) is 4.79 Å². The maximum atomic E-state index is 12.7. The molecular weight excluding hydrogens is 340 g/mol. The molecule has 2 aromatic carbocycles. The molecule has 4 nitrogen and oxygen atoms in total. The Morgan fingerprint density at radius 3 is 2.52 bits per heavy atom. The van der Waals surface area contributed by atoms with Crippen LogP contribution in [0, 0.1) is 6.92 Å². The van der Waals surface area contributed by atoms with Crippen LogP contribution in [0.4, 0.5) is 0 Å². The van der Waals surface area contributed by atoms with Gasteiger partial charge < -0.3 is 9.15 Å². The molecule has 138 valence electrons. The Balaban J connectivity index is 1.79. The van der Waals surface area contributed by atoms with Crippen molar-refractivity contribution >= 4 is 16.8 Å². The highest BCUT2D eigenvalue weighted by atomic mass is 16.5. The predicted octanol–water partition coefficient (Wildman–Crippen LogP) is 4.63. The summed E-state index contributed by atoms with van der Waals surface area (Å²) < 4.78 is 11.7. The van der Waals surface area contributed by atoms with Crippen molar-refractivity contribution in [1.82, 2.24) is 0 Å². The Morgan fingerprint density at radius 2 is 1.78 bits per heavy atom. The molecule has 1 atom stereocenters. The van der Waals surface area contributed by atoms with Crippen molar-refractivity contribution in [2.45, 2.75) is 45.6 Å². The van der Waals surface area contributed by atoms with E-state index >= 15 is 0 Å². The molecule has 0 amide bonds. The quantitative estimate of drug-likeness (QED) is 0.501. The smallest absolute Gasteiger partial charge is 0.339 e. The number of hydrogen-bond acceptors (Lipinski definition) is 4. The van der Waals surface area contributed by atoms with Crippen molar-refractivity contribution in [3.63, 3.8) is 0 Å². The molecule has 0 fully saturated rings. The van der Waals surface area contributed by atoms with Crippen molar-refractivity contribution in [3.8, 4) is 5.75 Å². The molecule has 4 heteroatoms. The summed E-state index contributed by atoms with van der Waals surface area (Å²) in [5, 5.41) is 0.836. The van der Waals surface area contributed by atoms with Gasteiger partial charge in [0.25, 0.3) is 0 Å². The number of ether oxygens (including phenoxy) is 1. The molecule has 0 saturated carbocycles. The summed E-state index contributed by atoms with van der Waals surface area (Å²) in [7, 11) is 0. The van der Waals surface area contributed by atoms with Crippen LogP contribution in [0.5, 0.6) is 5.75 Å². The highest BCUT2D eigenvalue weighted by molar-refractivity contribution is 5.99. The van der Waals surface area contributed by atoms with Crippen LogP contribution in [0.15, 0.2) is 51.7 Å². The molecule has 3 aromatic rings. The standard InChI is InChI=1S/C23H22O4/c1-14-12-19(26-15(2)22(24)16-8-4-3-5-9-16)21-17-10-6-7-11-18(17)23(25)27-20(21)13-14/h3-5,8-9,12-13,15H,6-7,10-11H2,1-2H3. The highest BCUT2D eigenvalue weighted by Crippen LogP contribution is 2.35. The van der Waals surface area contributed by atoms with Crippen LogP contribution in [-0.2, 0) is 12.8 Å². The highest BCUT2D eigenvalue weighted by Gasteiger charge is 2.23. The summed E-state index contributed by atoms with van der Waals surface area (Å²) in [6, 6.07) is 12.9. The van der Waals surface area contributed by atoms with Crippen molar-refractivity contribution in [2.75, 3.05) is 0 Å². The Bertz CT molecular complexity index is 1060. The molecule has 1 aliphatic rings. The molecule has 0 aliphatic heterocycles. The van der Waals surface area contributed by atoms with E-state index in [0.29, 0.717) is 16.9 Å². The molecule has 27 heavy (non-hydrogen) atoms. The van der Waals surface area contributed by atoms with Gasteiger partial charge >= 0.3 is 5.63 Å². The first kappa shape index (κ1) is 17.5. The van der Waals surface area contributed by atoms with Gasteiger partial charge in [0, 0.05) is 11.1 Å². The number of hydrogen-bond donors (Lipinski definition) is 0. The van der Waals surface area contributed by atoms with Crippen molar-refractivity contribution in [2.24, 2.45) is 0 Å².